The third kappa shape index (κ3) is 4.35. The summed E-state index contributed by atoms with van der Waals surface area (Å²) in [6.07, 6.45) is -0.902. The fourth-order valence-electron chi connectivity index (χ4n) is 2.24. The number of nitrogens with one attached hydrogen (secondary N) is 1. The van der Waals surface area contributed by atoms with Crippen LogP contribution >= 0.6 is 0 Å². The van der Waals surface area contributed by atoms with Crippen molar-refractivity contribution >= 4 is 17.6 Å². The van der Waals surface area contributed by atoms with E-state index in [1.165, 1.54) is 0 Å². The van der Waals surface area contributed by atoms with Crippen molar-refractivity contribution in [3.8, 4) is 5.75 Å². The Kier molecular flexibility index (Phi) is 5.58. The second-order valence-corrected chi connectivity index (χ2v) is 5.58. The third-order valence-electron chi connectivity index (χ3n) is 3.61. The normalized spacial score (nSPS) is 11.5. The Morgan fingerprint density at radius 3 is 2.29 bits per heavy atom. The molecule has 24 heavy (non-hydrogen) atoms. The SMILES string of the molecule is COc1ccc(NC(=O)C(C)OC(=O)c2ccc(C)cc2C)cc1. The molecule has 5 heteroatoms. The Labute approximate surface area is 141 Å². The first-order chi connectivity index (χ1) is 11.4. The highest BCUT2D eigenvalue weighted by Crippen LogP contribution is 2.16. The van der Waals surface area contributed by atoms with E-state index in [2.05, 4.69) is 5.32 Å². The van der Waals surface area contributed by atoms with Gasteiger partial charge in [0, 0.05) is 5.69 Å². The minimum Gasteiger partial charge on any atom is -0.497 e. The average molecular weight is 327 g/mol. The summed E-state index contributed by atoms with van der Waals surface area (Å²) < 4.78 is 10.3. The number of carbonyl (C=O) groups is 2. The summed E-state index contributed by atoms with van der Waals surface area (Å²) in [5.74, 6) is -0.203. The predicted molar refractivity (Wildman–Crippen MR) is 92.4 cm³/mol. The molecule has 1 N–H and O–H groups in total. The molecule has 0 radical (unpaired) electrons. The van der Waals surface area contributed by atoms with Crippen molar-refractivity contribution in [3.63, 3.8) is 0 Å². The molecule has 0 saturated carbocycles. The predicted octanol–water partition coefficient (Wildman–Crippen LogP) is 3.50. The fourth-order valence-corrected chi connectivity index (χ4v) is 2.24. The van der Waals surface area contributed by atoms with Gasteiger partial charge in [0.05, 0.1) is 12.7 Å². The van der Waals surface area contributed by atoms with E-state index in [9.17, 15) is 9.59 Å². The summed E-state index contributed by atoms with van der Waals surface area (Å²) in [7, 11) is 1.57. The first kappa shape index (κ1) is 17.5. The zero-order valence-electron chi connectivity index (χ0n) is 14.3. The standard InChI is InChI=1S/C19H21NO4/c1-12-5-10-17(13(2)11-12)19(22)24-14(3)18(21)20-15-6-8-16(23-4)9-7-15/h5-11,14H,1-4H3,(H,20,21). The number of ether oxygens (including phenoxy) is 2. The van der Waals surface area contributed by atoms with Crippen LogP contribution in [-0.4, -0.2) is 25.1 Å². The minimum atomic E-state index is -0.902. The monoisotopic (exact) mass is 327 g/mol. The Morgan fingerprint density at radius 2 is 1.71 bits per heavy atom. The Hall–Kier alpha value is -2.82. The van der Waals surface area contributed by atoms with Crippen LogP contribution in [0.1, 0.15) is 28.4 Å². The van der Waals surface area contributed by atoms with Gasteiger partial charge in [0.1, 0.15) is 5.75 Å². The van der Waals surface area contributed by atoms with Crippen molar-refractivity contribution in [1.82, 2.24) is 0 Å². The number of hydrogen-bond donors (Lipinski definition) is 1. The van der Waals surface area contributed by atoms with Gasteiger partial charge < -0.3 is 14.8 Å². The molecule has 2 aromatic rings. The van der Waals surface area contributed by atoms with Gasteiger partial charge in [-0.3, -0.25) is 4.79 Å². The zero-order valence-corrected chi connectivity index (χ0v) is 14.3. The second-order valence-electron chi connectivity index (χ2n) is 5.58. The largest absolute Gasteiger partial charge is 0.497 e. The van der Waals surface area contributed by atoms with Crippen molar-refractivity contribution in [2.45, 2.75) is 26.9 Å². The number of carbonyl (C=O) groups excluding carboxylic acids is 2. The van der Waals surface area contributed by atoms with Crippen molar-refractivity contribution in [3.05, 3.63) is 59.2 Å². The van der Waals surface area contributed by atoms with Gasteiger partial charge >= 0.3 is 5.97 Å². The van der Waals surface area contributed by atoms with E-state index in [1.807, 2.05) is 26.0 Å². The number of amides is 1. The molecule has 0 aliphatic heterocycles. The van der Waals surface area contributed by atoms with E-state index in [0.29, 0.717) is 17.0 Å². The quantitative estimate of drug-likeness (QED) is 0.854. The molecule has 1 amide bonds. The van der Waals surface area contributed by atoms with E-state index in [0.717, 1.165) is 11.1 Å². The topological polar surface area (TPSA) is 64.6 Å². The lowest BCUT2D eigenvalue weighted by molar-refractivity contribution is -0.123. The molecule has 0 bridgehead atoms. The maximum Gasteiger partial charge on any atom is 0.339 e. The number of esters is 1. The molecule has 2 aromatic carbocycles. The van der Waals surface area contributed by atoms with Crippen LogP contribution in [0, 0.1) is 13.8 Å². The molecule has 2 rings (SSSR count). The Morgan fingerprint density at radius 1 is 1.04 bits per heavy atom. The van der Waals surface area contributed by atoms with Gasteiger partial charge in [-0.15, -0.1) is 0 Å². The van der Waals surface area contributed by atoms with Crippen LogP contribution in [0.25, 0.3) is 0 Å². The maximum atomic E-state index is 12.2. The highest BCUT2D eigenvalue weighted by molar-refractivity contribution is 5.97. The zero-order chi connectivity index (χ0) is 17.7. The van der Waals surface area contributed by atoms with Crippen molar-refractivity contribution in [2.24, 2.45) is 0 Å². The molecule has 0 aliphatic carbocycles. The molecular weight excluding hydrogens is 306 g/mol. The van der Waals surface area contributed by atoms with Crippen LogP contribution in [0.4, 0.5) is 5.69 Å². The molecule has 5 nitrogen and oxygen atoms in total. The smallest absolute Gasteiger partial charge is 0.339 e. The number of hydrogen-bond acceptors (Lipinski definition) is 4. The summed E-state index contributed by atoms with van der Waals surface area (Å²) in [6, 6.07) is 12.4. The molecule has 0 aliphatic rings. The molecule has 1 atom stereocenters. The minimum absolute atomic E-state index is 0.390. The molecule has 0 heterocycles. The number of aryl methyl sites for hydroxylation is 2. The van der Waals surface area contributed by atoms with Crippen LogP contribution < -0.4 is 10.1 Å². The van der Waals surface area contributed by atoms with Gasteiger partial charge in [-0.2, -0.15) is 0 Å². The van der Waals surface area contributed by atoms with E-state index in [-0.39, 0.29) is 0 Å². The van der Waals surface area contributed by atoms with Gasteiger partial charge in [0.25, 0.3) is 5.91 Å². The number of methoxy groups -OCH3 is 1. The van der Waals surface area contributed by atoms with Gasteiger partial charge in [-0.05, 0) is 56.7 Å². The van der Waals surface area contributed by atoms with Crippen LogP contribution in [0.2, 0.25) is 0 Å². The summed E-state index contributed by atoms with van der Waals surface area (Å²) in [5, 5.41) is 2.70. The van der Waals surface area contributed by atoms with E-state index >= 15 is 0 Å². The number of anilines is 1. The van der Waals surface area contributed by atoms with Crippen molar-refractivity contribution < 1.29 is 19.1 Å². The van der Waals surface area contributed by atoms with E-state index < -0.39 is 18.0 Å². The lowest BCUT2D eigenvalue weighted by Crippen LogP contribution is -2.30. The second kappa shape index (κ2) is 7.64. The summed E-state index contributed by atoms with van der Waals surface area (Å²) >= 11 is 0. The lowest BCUT2D eigenvalue weighted by Gasteiger charge is -2.14. The van der Waals surface area contributed by atoms with Crippen molar-refractivity contribution in [1.29, 1.82) is 0 Å². The molecule has 126 valence electrons. The van der Waals surface area contributed by atoms with Gasteiger partial charge in [0.2, 0.25) is 0 Å². The summed E-state index contributed by atoms with van der Waals surface area (Å²) in [4.78, 5) is 24.4. The number of benzene rings is 2. The van der Waals surface area contributed by atoms with Gasteiger partial charge in [0.15, 0.2) is 6.10 Å². The molecule has 0 fully saturated rings. The van der Waals surface area contributed by atoms with Gasteiger partial charge in [-0.25, -0.2) is 4.79 Å². The summed E-state index contributed by atoms with van der Waals surface area (Å²) in [5.41, 5.74) is 2.96. The Bertz CT molecular complexity index is 738. The van der Waals surface area contributed by atoms with E-state index in [4.69, 9.17) is 9.47 Å². The van der Waals surface area contributed by atoms with Crippen LogP contribution in [0.5, 0.6) is 5.75 Å². The molecule has 1 unspecified atom stereocenters. The lowest BCUT2D eigenvalue weighted by atomic mass is 10.1. The average Bonchev–Trinajstić information content (AvgIpc) is 2.55. The third-order valence-corrected chi connectivity index (χ3v) is 3.61. The first-order valence-corrected chi connectivity index (χ1v) is 7.64. The first-order valence-electron chi connectivity index (χ1n) is 7.64. The molecular formula is C19H21NO4. The number of rotatable bonds is 5. The molecule has 0 spiro atoms. The maximum absolute atomic E-state index is 12.2. The highest BCUT2D eigenvalue weighted by atomic mass is 16.5. The molecule has 0 aromatic heterocycles. The van der Waals surface area contributed by atoms with Gasteiger partial charge in [-0.1, -0.05) is 17.7 Å². The fraction of sp³-hybridized carbons (Fsp3) is 0.263. The Balaban J connectivity index is 1.98. The van der Waals surface area contributed by atoms with Crippen LogP contribution in [0.3, 0.4) is 0 Å². The van der Waals surface area contributed by atoms with Crippen LogP contribution in [-0.2, 0) is 9.53 Å². The highest BCUT2D eigenvalue weighted by Gasteiger charge is 2.20. The summed E-state index contributed by atoms with van der Waals surface area (Å²) in [6.45, 7) is 5.33. The van der Waals surface area contributed by atoms with Crippen molar-refractivity contribution in [2.75, 3.05) is 12.4 Å². The van der Waals surface area contributed by atoms with Crippen LogP contribution in [0.15, 0.2) is 42.5 Å². The molecule has 0 saturated heterocycles. The van der Waals surface area contributed by atoms with E-state index in [1.54, 1.807) is 44.4 Å².